The van der Waals surface area contributed by atoms with Gasteiger partial charge in [0.2, 0.25) is 0 Å². The van der Waals surface area contributed by atoms with Crippen LogP contribution in [0.1, 0.15) is 31.6 Å². The minimum absolute atomic E-state index is 0.243. The molecule has 0 aliphatic rings. The SMILES string of the molecule is CCc1nc(Br)cc(NC(C)(C)c2nccs2)n1. The van der Waals surface area contributed by atoms with Gasteiger partial charge in [-0.25, -0.2) is 15.0 Å². The van der Waals surface area contributed by atoms with Crippen LogP contribution < -0.4 is 5.32 Å². The highest BCUT2D eigenvalue weighted by atomic mass is 79.9. The van der Waals surface area contributed by atoms with Gasteiger partial charge in [-0.2, -0.15) is 0 Å². The van der Waals surface area contributed by atoms with Gasteiger partial charge in [0, 0.05) is 24.1 Å². The van der Waals surface area contributed by atoms with Crippen LogP contribution in [0.5, 0.6) is 0 Å². The fraction of sp³-hybridized carbons (Fsp3) is 0.417. The lowest BCUT2D eigenvalue weighted by atomic mass is 10.1. The predicted molar refractivity (Wildman–Crippen MR) is 77.9 cm³/mol. The normalized spacial score (nSPS) is 11.6. The van der Waals surface area contributed by atoms with E-state index >= 15 is 0 Å². The molecule has 0 unspecified atom stereocenters. The molecule has 0 spiro atoms. The van der Waals surface area contributed by atoms with Crippen molar-refractivity contribution in [2.24, 2.45) is 0 Å². The summed E-state index contributed by atoms with van der Waals surface area (Å²) < 4.78 is 0.798. The molecule has 2 heterocycles. The second kappa shape index (κ2) is 5.32. The zero-order valence-electron chi connectivity index (χ0n) is 10.6. The van der Waals surface area contributed by atoms with Crippen LogP contribution in [0.2, 0.25) is 0 Å². The van der Waals surface area contributed by atoms with Gasteiger partial charge in [-0.1, -0.05) is 6.92 Å². The summed E-state index contributed by atoms with van der Waals surface area (Å²) in [5, 5.41) is 6.42. The molecule has 6 heteroatoms. The van der Waals surface area contributed by atoms with Gasteiger partial charge >= 0.3 is 0 Å². The van der Waals surface area contributed by atoms with Crippen LogP contribution in [0, 0.1) is 0 Å². The van der Waals surface area contributed by atoms with E-state index < -0.39 is 0 Å². The van der Waals surface area contributed by atoms with E-state index in [1.165, 1.54) is 0 Å². The lowest BCUT2D eigenvalue weighted by Crippen LogP contribution is -2.28. The average Bonchev–Trinajstić information content (AvgIpc) is 2.81. The first-order chi connectivity index (χ1) is 8.51. The average molecular weight is 327 g/mol. The Bertz CT molecular complexity index is 525. The molecule has 96 valence electrons. The van der Waals surface area contributed by atoms with Crippen LogP contribution in [-0.4, -0.2) is 15.0 Å². The van der Waals surface area contributed by atoms with Gasteiger partial charge in [0.05, 0.1) is 5.54 Å². The first-order valence-corrected chi connectivity index (χ1v) is 7.40. The van der Waals surface area contributed by atoms with Gasteiger partial charge in [0.1, 0.15) is 21.3 Å². The topological polar surface area (TPSA) is 50.7 Å². The minimum Gasteiger partial charge on any atom is -0.359 e. The number of aromatic nitrogens is 3. The first-order valence-electron chi connectivity index (χ1n) is 5.73. The summed E-state index contributed by atoms with van der Waals surface area (Å²) in [7, 11) is 0. The number of nitrogens with zero attached hydrogens (tertiary/aromatic N) is 3. The zero-order chi connectivity index (χ0) is 13.2. The number of rotatable bonds is 4. The second-order valence-corrected chi connectivity index (χ2v) is 6.14. The second-order valence-electron chi connectivity index (χ2n) is 4.43. The van der Waals surface area contributed by atoms with Crippen LogP contribution in [0.4, 0.5) is 5.82 Å². The maximum atomic E-state index is 4.47. The van der Waals surface area contributed by atoms with Gasteiger partial charge in [-0.15, -0.1) is 11.3 Å². The summed E-state index contributed by atoms with van der Waals surface area (Å²) in [6, 6.07) is 1.88. The molecule has 0 atom stereocenters. The Hall–Kier alpha value is -1.01. The van der Waals surface area contributed by atoms with E-state index in [4.69, 9.17) is 0 Å². The highest BCUT2D eigenvalue weighted by Gasteiger charge is 2.23. The quantitative estimate of drug-likeness (QED) is 0.872. The Morgan fingerprint density at radius 1 is 1.39 bits per heavy atom. The molecule has 1 N–H and O–H groups in total. The fourth-order valence-electron chi connectivity index (χ4n) is 1.59. The van der Waals surface area contributed by atoms with Crippen molar-refractivity contribution in [1.29, 1.82) is 0 Å². The van der Waals surface area contributed by atoms with Gasteiger partial charge in [-0.05, 0) is 29.8 Å². The smallest absolute Gasteiger partial charge is 0.131 e. The highest BCUT2D eigenvalue weighted by Crippen LogP contribution is 2.27. The predicted octanol–water partition coefficient (Wildman–Crippen LogP) is 3.61. The van der Waals surface area contributed by atoms with Crippen molar-refractivity contribution in [2.75, 3.05) is 5.32 Å². The van der Waals surface area contributed by atoms with E-state index in [1.54, 1.807) is 11.3 Å². The number of hydrogen-bond donors (Lipinski definition) is 1. The molecule has 2 rings (SSSR count). The molecule has 0 saturated carbocycles. The van der Waals surface area contributed by atoms with Crippen molar-refractivity contribution in [3.63, 3.8) is 0 Å². The summed E-state index contributed by atoms with van der Waals surface area (Å²) in [4.78, 5) is 13.1. The number of anilines is 1. The molecule has 0 aromatic carbocycles. The molecule has 0 bridgehead atoms. The number of nitrogens with one attached hydrogen (secondary N) is 1. The maximum absolute atomic E-state index is 4.47. The van der Waals surface area contributed by atoms with Gasteiger partial charge in [0.15, 0.2) is 0 Å². The van der Waals surface area contributed by atoms with Crippen molar-refractivity contribution in [2.45, 2.75) is 32.7 Å². The lowest BCUT2D eigenvalue weighted by molar-refractivity contribution is 0.599. The van der Waals surface area contributed by atoms with Crippen molar-refractivity contribution in [1.82, 2.24) is 15.0 Å². The summed E-state index contributed by atoms with van der Waals surface area (Å²) in [6.07, 6.45) is 2.63. The van der Waals surface area contributed by atoms with Crippen LogP contribution in [0.25, 0.3) is 0 Å². The Kier molecular flexibility index (Phi) is 3.97. The monoisotopic (exact) mass is 326 g/mol. The molecule has 2 aromatic heterocycles. The van der Waals surface area contributed by atoms with Gasteiger partial charge in [-0.3, -0.25) is 0 Å². The molecule has 0 fully saturated rings. The molecule has 0 aliphatic heterocycles. The minimum atomic E-state index is -0.243. The Balaban J connectivity index is 2.26. The Morgan fingerprint density at radius 3 is 2.78 bits per heavy atom. The van der Waals surface area contributed by atoms with E-state index in [9.17, 15) is 0 Å². The summed E-state index contributed by atoms with van der Waals surface area (Å²) in [5.74, 6) is 1.63. The summed E-state index contributed by atoms with van der Waals surface area (Å²) in [6.45, 7) is 6.22. The van der Waals surface area contributed by atoms with Crippen LogP contribution in [0.3, 0.4) is 0 Å². The van der Waals surface area contributed by atoms with Crippen molar-refractivity contribution >= 4 is 33.1 Å². The van der Waals surface area contributed by atoms with Gasteiger partial charge in [0.25, 0.3) is 0 Å². The van der Waals surface area contributed by atoms with Crippen LogP contribution in [-0.2, 0) is 12.0 Å². The molecule has 0 radical (unpaired) electrons. The first kappa shape index (κ1) is 13.4. The standard InChI is InChI=1S/C12H15BrN4S/c1-4-9-15-8(13)7-10(16-9)17-12(2,3)11-14-5-6-18-11/h5-7H,4H2,1-3H3,(H,15,16,17). The highest BCUT2D eigenvalue weighted by molar-refractivity contribution is 9.10. The molecule has 18 heavy (non-hydrogen) atoms. The van der Waals surface area contributed by atoms with E-state index in [0.29, 0.717) is 0 Å². The molecule has 0 amide bonds. The summed E-state index contributed by atoms with van der Waals surface area (Å²) in [5.41, 5.74) is -0.243. The van der Waals surface area contributed by atoms with E-state index in [0.717, 1.165) is 27.7 Å². The van der Waals surface area contributed by atoms with Crippen molar-refractivity contribution in [3.8, 4) is 0 Å². The Labute approximate surface area is 119 Å². The van der Waals surface area contributed by atoms with E-state index in [1.807, 2.05) is 24.6 Å². The molecule has 2 aromatic rings. The van der Waals surface area contributed by atoms with Crippen molar-refractivity contribution in [3.05, 3.63) is 33.1 Å². The zero-order valence-corrected chi connectivity index (χ0v) is 13.0. The third-order valence-electron chi connectivity index (χ3n) is 2.46. The molecule has 4 nitrogen and oxygen atoms in total. The third-order valence-corrected chi connectivity index (χ3v) is 3.97. The Morgan fingerprint density at radius 2 is 2.17 bits per heavy atom. The summed E-state index contributed by atoms with van der Waals surface area (Å²) >= 11 is 5.04. The number of thiazole rings is 1. The fourth-order valence-corrected chi connectivity index (χ4v) is 2.73. The van der Waals surface area contributed by atoms with E-state index in [2.05, 4.69) is 50.0 Å². The van der Waals surface area contributed by atoms with Crippen molar-refractivity contribution < 1.29 is 0 Å². The number of hydrogen-bond acceptors (Lipinski definition) is 5. The third kappa shape index (κ3) is 3.05. The van der Waals surface area contributed by atoms with Gasteiger partial charge < -0.3 is 5.32 Å². The lowest BCUT2D eigenvalue weighted by Gasteiger charge is -2.24. The largest absolute Gasteiger partial charge is 0.359 e. The number of halogens is 1. The van der Waals surface area contributed by atoms with E-state index in [-0.39, 0.29) is 5.54 Å². The number of aryl methyl sites for hydroxylation is 1. The van der Waals surface area contributed by atoms with Crippen LogP contribution in [0.15, 0.2) is 22.2 Å². The van der Waals surface area contributed by atoms with Crippen LogP contribution >= 0.6 is 27.3 Å². The maximum Gasteiger partial charge on any atom is 0.131 e. The molecular formula is C12H15BrN4S. The molecule has 0 aliphatic carbocycles. The molecular weight excluding hydrogens is 312 g/mol. The molecule has 0 saturated heterocycles.